The van der Waals surface area contributed by atoms with Gasteiger partial charge in [-0.3, -0.25) is 0 Å². The summed E-state index contributed by atoms with van der Waals surface area (Å²) in [7, 11) is 0. The fourth-order valence-electron chi connectivity index (χ4n) is 6.63. The van der Waals surface area contributed by atoms with Crippen molar-refractivity contribution in [3.05, 3.63) is 134 Å². The van der Waals surface area contributed by atoms with E-state index in [-0.39, 0.29) is 35.6 Å². The summed E-state index contributed by atoms with van der Waals surface area (Å²) in [6.45, 7) is 18.8. The molecule has 0 spiro atoms. The van der Waals surface area contributed by atoms with Crippen molar-refractivity contribution in [1.82, 2.24) is 0 Å². The van der Waals surface area contributed by atoms with Crippen LogP contribution in [0.5, 0.6) is 0 Å². The van der Waals surface area contributed by atoms with Gasteiger partial charge in [0.15, 0.2) is 0 Å². The van der Waals surface area contributed by atoms with Gasteiger partial charge in [-0.15, -0.1) is 24.8 Å². The van der Waals surface area contributed by atoms with Crippen LogP contribution in [0.2, 0.25) is 0 Å². The molecule has 0 saturated carbocycles. The van der Waals surface area contributed by atoms with Crippen LogP contribution in [-0.4, -0.2) is 5.43 Å². The second kappa shape index (κ2) is 13.4. The second-order valence-corrected chi connectivity index (χ2v) is 27.6. The Bertz CT molecular complexity index is 1730. The molecule has 0 aliphatic heterocycles. The maximum Gasteiger partial charge on any atom is -0.147 e. The molecule has 6 rings (SSSR count). The smallest absolute Gasteiger partial charge is 0.147 e. The van der Waals surface area contributed by atoms with Crippen LogP contribution in [0.15, 0.2) is 100 Å². The number of allylic oxidation sites excluding steroid dienone is 4. The summed E-state index contributed by atoms with van der Waals surface area (Å²) in [5.41, 5.74) is 11.0. The predicted octanol–water partition coefficient (Wildman–Crippen LogP) is 9.21. The van der Waals surface area contributed by atoms with Crippen LogP contribution in [0, 0.1) is 13.8 Å². The van der Waals surface area contributed by atoms with Gasteiger partial charge in [0.25, 0.3) is 0 Å². The fraction of sp³-hybridized carbons (Fsp3) is 0.300. The van der Waals surface area contributed by atoms with Crippen molar-refractivity contribution in [2.75, 3.05) is 0 Å². The summed E-state index contributed by atoms with van der Waals surface area (Å²) in [4.78, 5) is 0. The molecule has 0 heterocycles. The first kappa shape index (κ1) is 34.9. The van der Waals surface area contributed by atoms with Crippen LogP contribution in [0.1, 0.15) is 81.3 Å². The summed E-state index contributed by atoms with van der Waals surface area (Å²) in [5.74, 6) is 0. The van der Waals surface area contributed by atoms with E-state index in [2.05, 4.69) is 152 Å². The molecule has 0 aromatic heterocycles. The molecule has 0 atom stereocenters. The molecule has 2 aliphatic rings. The number of fused-ring (bicyclic) bond motifs is 3. The zero-order valence-electron chi connectivity index (χ0n) is 27.5. The fourth-order valence-corrected chi connectivity index (χ4v) is 28.1. The molecule has 0 amide bonds. The molecule has 44 heavy (non-hydrogen) atoms. The van der Waals surface area contributed by atoms with E-state index in [0.717, 1.165) is 12.8 Å². The Morgan fingerprint density at radius 2 is 1.23 bits per heavy atom. The standard InChI is InChI=1S/C21H25.C14H14Si.C5H5.2ClH.Zr/c1-20(2,3)16-7-9-18-14(12-16)11-15-13-17(21(4,5)6)8-10-19(15)18;1-11-3-7-13(8-4-11)15-14-9-5-12(2)6-10-14;1-2-4-5-3-1;;;/h7-10,12H,11H2,1-6H3;3-10H,1-2H3;1-3H,4H2;2*1H;. The van der Waals surface area contributed by atoms with Crippen molar-refractivity contribution in [2.24, 2.45) is 0 Å². The van der Waals surface area contributed by atoms with E-state index in [1.807, 2.05) is 0 Å². The van der Waals surface area contributed by atoms with Gasteiger partial charge in [0.2, 0.25) is 0 Å². The van der Waals surface area contributed by atoms with E-state index in [9.17, 15) is 0 Å². The van der Waals surface area contributed by atoms with Crippen molar-refractivity contribution < 1.29 is 20.4 Å². The number of rotatable bonds is 4. The average molecular weight is 717 g/mol. The third-order valence-corrected chi connectivity index (χ3v) is 27.8. The minimum absolute atomic E-state index is 0. The molecular weight excluding hydrogens is 671 g/mol. The van der Waals surface area contributed by atoms with Crippen molar-refractivity contribution in [2.45, 2.75) is 79.1 Å². The molecule has 0 unspecified atom stereocenters. The van der Waals surface area contributed by atoms with Crippen molar-refractivity contribution in [3.8, 4) is 11.1 Å². The van der Waals surface area contributed by atoms with Crippen molar-refractivity contribution >= 4 is 43.9 Å². The molecule has 0 fully saturated rings. The first-order valence-corrected chi connectivity index (χ1v) is 23.1. The number of aryl methyl sites for hydroxylation is 2. The summed E-state index contributed by atoms with van der Waals surface area (Å²) in [6.07, 6.45) is 9.45. The van der Waals surface area contributed by atoms with E-state index in [0.29, 0.717) is 0 Å². The molecular formula is C40H46Cl2SiZr. The molecule has 0 bridgehead atoms. The molecule has 0 saturated heterocycles. The molecule has 2 aliphatic carbocycles. The number of halogens is 2. The maximum atomic E-state index is 2.52. The molecule has 4 aromatic carbocycles. The Hall–Kier alpha value is -1.96. The topological polar surface area (TPSA) is 0 Å². The zero-order valence-corrected chi connectivity index (χ0v) is 32.6. The molecule has 0 N–H and O–H groups in total. The second-order valence-electron chi connectivity index (χ2n) is 14.4. The summed E-state index contributed by atoms with van der Waals surface area (Å²) in [6, 6.07) is 31.6. The average Bonchev–Trinajstić information content (AvgIpc) is 3.59. The number of hydrogen-bond acceptors (Lipinski definition) is 0. The van der Waals surface area contributed by atoms with Gasteiger partial charge in [-0.2, -0.15) is 0 Å². The zero-order chi connectivity index (χ0) is 29.8. The summed E-state index contributed by atoms with van der Waals surface area (Å²) < 4.78 is 3.55. The van der Waals surface area contributed by atoms with Gasteiger partial charge >= 0.3 is 263 Å². The normalized spacial score (nSPS) is 13.4. The molecule has 4 heteroatoms. The van der Waals surface area contributed by atoms with E-state index in [1.165, 1.54) is 33.4 Å². The Kier molecular flexibility index (Phi) is 10.6. The summed E-state index contributed by atoms with van der Waals surface area (Å²) >= 11 is -2.56. The molecule has 0 radical (unpaired) electrons. The molecule has 0 nitrogen and oxygen atoms in total. The first-order valence-electron chi connectivity index (χ1n) is 15.5. The number of hydrogen-bond donors (Lipinski definition) is 0. The van der Waals surface area contributed by atoms with Gasteiger partial charge in [-0.25, -0.2) is 0 Å². The van der Waals surface area contributed by atoms with E-state index in [1.54, 1.807) is 28.1 Å². The van der Waals surface area contributed by atoms with Crippen LogP contribution in [-0.2, 0) is 37.6 Å². The predicted molar refractivity (Wildman–Crippen MR) is 195 cm³/mol. The minimum Gasteiger partial charge on any atom is -0.147 e. The van der Waals surface area contributed by atoms with Gasteiger partial charge in [0.05, 0.1) is 0 Å². The van der Waals surface area contributed by atoms with Gasteiger partial charge in [0.1, 0.15) is 0 Å². The van der Waals surface area contributed by atoms with Gasteiger partial charge < -0.3 is 0 Å². The molecule has 4 aromatic rings. The SMILES string of the molecule is Cc1ccc([Si](c2ccc(C)cc2)=[Zr]([C]2=CC=CC2)[c]2c(C(C)(C)C)ccc3c2Cc2cc(C(C)(C)C)ccc2-3)cc1.Cl.Cl. The quantitative estimate of drug-likeness (QED) is 0.163. The van der Waals surface area contributed by atoms with Crippen LogP contribution < -0.4 is 13.6 Å². The monoisotopic (exact) mass is 714 g/mol. The largest absolute Gasteiger partial charge is 0.147 e. The third kappa shape index (κ3) is 6.76. The van der Waals surface area contributed by atoms with Crippen molar-refractivity contribution in [1.29, 1.82) is 0 Å². The van der Waals surface area contributed by atoms with E-state index in [4.69, 9.17) is 0 Å². The minimum atomic E-state index is -2.56. The Labute approximate surface area is 286 Å². The Morgan fingerprint density at radius 3 is 1.73 bits per heavy atom. The van der Waals surface area contributed by atoms with Crippen LogP contribution in [0.4, 0.5) is 0 Å². The third-order valence-electron chi connectivity index (χ3n) is 9.02. The van der Waals surface area contributed by atoms with E-state index < -0.39 is 25.8 Å². The van der Waals surface area contributed by atoms with Crippen molar-refractivity contribution in [3.63, 3.8) is 0 Å². The van der Waals surface area contributed by atoms with Crippen LogP contribution in [0.25, 0.3) is 11.1 Å². The first-order chi connectivity index (χ1) is 19.9. The Morgan fingerprint density at radius 1 is 0.659 bits per heavy atom. The van der Waals surface area contributed by atoms with Crippen LogP contribution in [0.3, 0.4) is 0 Å². The van der Waals surface area contributed by atoms with Gasteiger partial charge in [-0.05, 0) is 0 Å². The maximum absolute atomic E-state index is 2.56. The molecule has 228 valence electrons. The van der Waals surface area contributed by atoms with Gasteiger partial charge in [-0.1, -0.05) is 0 Å². The van der Waals surface area contributed by atoms with E-state index >= 15 is 0 Å². The Balaban J connectivity index is 0.00000221. The summed E-state index contributed by atoms with van der Waals surface area (Å²) in [5, 5.41) is 3.17. The van der Waals surface area contributed by atoms with Crippen LogP contribution >= 0.6 is 24.8 Å². The van der Waals surface area contributed by atoms with Gasteiger partial charge in [0, 0.05) is 0 Å². The number of benzene rings is 4.